The van der Waals surface area contributed by atoms with E-state index in [4.69, 9.17) is 12.2 Å². The molecule has 1 atom stereocenters. The Morgan fingerprint density at radius 2 is 1.55 bits per heavy atom. The molecule has 0 fully saturated rings. The van der Waals surface area contributed by atoms with Gasteiger partial charge in [0.1, 0.15) is 0 Å². The van der Waals surface area contributed by atoms with E-state index in [0.29, 0.717) is 5.11 Å². The fourth-order valence-corrected chi connectivity index (χ4v) is 2.85. The maximum absolute atomic E-state index is 5.47. The molecule has 0 aromatic heterocycles. The van der Waals surface area contributed by atoms with Crippen molar-refractivity contribution in [3.05, 3.63) is 64.7 Å². The van der Waals surface area contributed by atoms with E-state index in [1.807, 2.05) is 0 Å². The van der Waals surface area contributed by atoms with Gasteiger partial charge in [0.15, 0.2) is 5.11 Å². The van der Waals surface area contributed by atoms with E-state index >= 15 is 0 Å². The van der Waals surface area contributed by atoms with E-state index in [9.17, 15) is 0 Å². The van der Waals surface area contributed by atoms with Crippen molar-refractivity contribution in [1.29, 1.82) is 0 Å². The molecule has 2 aromatic carbocycles. The van der Waals surface area contributed by atoms with Crippen LogP contribution >= 0.6 is 12.2 Å². The van der Waals surface area contributed by atoms with Gasteiger partial charge in [-0.15, -0.1) is 0 Å². The first kappa shape index (κ1) is 16.5. The van der Waals surface area contributed by atoms with Crippen LogP contribution < -0.4 is 10.6 Å². The number of hydrogen-bond acceptors (Lipinski definition) is 1. The highest BCUT2D eigenvalue weighted by atomic mass is 32.1. The molecule has 2 rings (SSSR count). The summed E-state index contributed by atoms with van der Waals surface area (Å²) in [7, 11) is 0. The summed E-state index contributed by atoms with van der Waals surface area (Å²) in [5.74, 6) is 0. The molecule has 0 saturated carbocycles. The van der Waals surface area contributed by atoms with Gasteiger partial charge in [0.05, 0.1) is 6.04 Å². The summed E-state index contributed by atoms with van der Waals surface area (Å²) in [6.07, 6.45) is 0.984. The quantitative estimate of drug-likeness (QED) is 0.773. The number of hydrogen-bond donors (Lipinski definition) is 2. The lowest BCUT2D eigenvalue weighted by molar-refractivity contribution is 0.629. The van der Waals surface area contributed by atoms with E-state index in [-0.39, 0.29) is 6.04 Å². The lowest BCUT2D eigenvalue weighted by Crippen LogP contribution is -2.32. The molecule has 0 aliphatic rings. The molecular formula is C19H24N2S. The van der Waals surface area contributed by atoms with E-state index in [2.05, 4.69) is 80.8 Å². The highest BCUT2D eigenvalue weighted by Crippen LogP contribution is 2.18. The van der Waals surface area contributed by atoms with Gasteiger partial charge in [-0.2, -0.15) is 0 Å². The van der Waals surface area contributed by atoms with E-state index in [0.717, 1.165) is 12.1 Å². The summed E-state index contributed by atoms with van der Waals surface area (Å²) in [6.45, 7) is 8.45. The van der Waals surface area contributed by atoms with Crippen molar-refractivity contribution >= 4 is 23.0 Å². The number of anilines is 1. The largest absolute Gasteiger partial charge is 0.356 e. The maximum atomic E-state index is 5.47. The predicted octanol–water partition coefficient (Wildman–Crippen LogP) is 5.05. The zero-order chi connectivity index (χ0) is 16.1. The molecular weight excluding hydrogens is 288 g/mol. The maximum Gasteiger partial charge on any atom is 0.171 e. The average Bonchev–Trinajstić information content (AvgIpc) is 2.44. The van der Waals surface area contributed by atoms with Gasteiger partial charge in [0, 0.05) is 5.69 Å². The van der Waals surface area contributed by atoms with Crippen LogP contribution in [-0.4, -0.2) is 5.11 Å². The van der Waals surface area contributed by atoms with Gasteiger partial charge in [-0.1, -0.05) is 42.8 Å². The van der Waals surface area contributed by atoms with E-state index in [1.54, 1.807) is 0 Å². The third-order valence-electron chi connectivity index (χ3n) is 3.67. The fraction of sp³-hybridized carbons (Fsp3) is 0.316. The van der Waals surface area contributed by atoms with Crippen LogP contribution in [0, 0.1) is 20.8 Å². The minimum Gasteiger partial charge on any atom is -0.356 e. The topological polar surface area (TPSA) is 24.1 Å². The lowest BCUT2D eigenvalue weighted by atomic mass is 10.0. The van der Waals surface area contributed by atoms with Crippen LogP contribution in [0.3, 0.4) is 0 Å². The van der Waals surface area contributed by atoms with Crippen molar-refractivity contribution in [2.45, 2.75) is 40.2 Å². The van der Waals surface area contributed by atoms with Crippen LogP contribution in [0.4, 0.5) is 5.69 Å². The van der Waals surface area contributed by atoms with Crippen LogP contribution in [0.2, 0.25) is 0 Å². The minimum absolute atomic E-state index is 0.228. The van der Waals surface area contributed by atoms with Crippen LogP contribution in [0.5, 0.6) is 0 Å². The van der Waals surface area contributed by atoms with Crippen LogP contribution in [0.25, 0.3) is 0 Å². The smallest absolute Gasteiger partial charge is 0.171 e. The Hall–Kier alpha value is -1.87. The first-order valence-electron chi connectivity index (χ1n) is 7.70. The zero-order valence-corrected chi connectivity index (χ0v) is 14.6. The molecule has 0 heterocycles. The fourth-order valence-electron chi connectivity index (χ4n) is 2.59. The predicted molar refractivity (Wildman–Crippen MR) is 99.5 cm³/mol. The van der Waals surface area contributed by atoms with Crippen LogP contribution in [0.1, 0.15) is 41.6 Å². The van der Waals surface area contributed by atoms with E-state index < -0.39 is 0 Å². The summed E-state index contributed by atoms with van der Waals surface area (Å²) in [5, 5.41) is 7.36. The Bertz CT molecular complexity index is 627. The summed E-state index contributed by atoms with van der Waals surface area (Å²) in [4.78, 5) is 0. The monoisotopic (exact) mass is 312 g/mol. The summed E-state index contributed by atoms with van der Waals surface area (Å²) < 4.78 is 0. The molecule has 0 saturated heterocycles. The first-order valence-corrected chi connectivity index (χ1v) is 8.11. The van der Waals surface area contributed by atoms with Crippen molar-refractivity contribution in [1.82, 2.24) is 5.32 Å². The third-order valence-corrected chi connectivity index (χ3v) is 3.89. The Labute approximate surface area is 139 Å². The standard InChI is InChI=1S/C19H24N2S/c1-5-18(16-8-6-13(2)7-9-16)21-19(22)20-17-11-14(3)10-15(4)12-17/h6-12,18H,5H2,1-4H3,(H2,20,21,22). The molecule has 2 aromatic rings. The molecule has 1 unspecified atom stereocenters. The summed E-state index contributed by atoms with van der Waals surface area (Å²) in [6, 6.07) is 15.2. The van der Waals surface area contributed by atoms with Crippen molar-refractivity contribution in [3.8, 4) is 0 Å². The molecule has 2 N–H and O–H groups in total. The molecule has 0 spiro atoms. The molecule has 0 bridgehead atoms. The van der Waals surface area contributed by atoms with Gasteiger partial charge in [-0.3, -0.25) is 0 Å². The lowest BCUT2D eigenvalue weighted by Gasteiger charge is -2.20. The highest BCUT2D eigenvalue weighted by Gasteiger charge is 2.10. The van der Waals surface area contributed by atoms with Gasteiger partial charge in [0.2, 0.25) is 0 Å². The average molecular weight is 312 g/mol. The normalized spacial score (nSPS) is 11.8. The molecule has 2 nitrogen and oxygen atoms in total. The summed E-state index contributed by atoms with van der Waals surface area (Å²) in [5.41, 5.74) is 6.03. The van der Waals surface area contributed by atoms with Gasteiger partial charge in [-0.25, -0.2) is 0 Å². The van der Waals surface area contributed by atoms with Crippen LogP contribution in [0.15, 0.2) is 42.5 Å². The SMILES string of the molecule is CCC(NC(=S)Nc1cc(C)cc(C)c1)c1ccc(C)cc1. The second-order valence-electron chi connectivity index (χ2n) is 5.85. The number of rotatable bonds is 4. The molecule has 0 radical (unpaired) electrons. The van der Waals surface area contributed by atoms with Gasteiger partial charge < -0.3 is 10.6 Å². The number of thiocarbonyl (C=S) groups is 1. The van der Waals surface area contributed by atoms with Gasteiger partial charge in [-0.05, 0) is 68.2 Å². The summed E-state index contributed by atoms with van der Waals surface area (Å²) >= 11 is 5.47. The number of aryl methyl sites for hydroxylation is 3. The van der Waals surface area contributed by atoms with Crippen molar-refractivity contribution in [2.24, 2.45) is 0 Å². The molecule has 3 heteroatoms. The highest BCUT2D eigenvalue weighted by molar-refractivity contribution is 7.80. The van der Waals surface area contributed by atoms with Gasteiger partial charge in [0.25, 0.3) is 0 Å². The molecule has 0 amide bonds. The Morgan fingerprint density at radius 3 is 2.09 bits per heavy atom. The Balaban J connectivity index is 2.04. The number of benzene rings is 2. The zero-order valence-electron chi connectivity index (χ0n) is 13.7. The second-order valence-corrected chi connectivity index (χ2v) is 6.25. The molecule has 22 heavy (non-hydrogen) atoms. The molecule has 0 aliphatic heterocycles. The number of nitrogens with one attached hydrogen (secondary N) is 2. The molecule has 0 aliphatic carbocycles. The molecule has 116 valence electrons. The van der Waals surface area contributed by atoms with E-state index in [1.165, 1.54) is 22.3 Å². The van der Waals surface area contributed by atoms with Crippen LogP contribution in [-0.2, 0) is 0 Å². The Morgan fingerprint density at radius 1 is 0.955 bits per heavy atom. The van der Waals surface area contributed by atoms with Gasteiger partial charge >= 0.3 is 0 Å². The Kier molecular flexibility index (Phi) is 5.56. The van der Waals surface area contributed by atoms with Crippen molar-refractivity contribution < 1.29 is 0 Å². The van der Waals surface area contributed by atoms with Crippen molar-refractivity contribution in [3.63, 3.8) is 0 Å². The first-order chi connectivity index (χ1) is 10.5. The third kappa shape index (κ3) is 4.57. The van der Waals surface area contributed by atoms with Crippen molar-refractivity contribution in [2.75, 3.05) is 5.32 Å². The minimum atomic E-state index is 0.228. The second kappa shape index (κ2) is 7.41.